The largest absolute Gasteiger partial charge is 0.483 e. The van der Waals surface area contributed by atoms with Crippen LogP contribution in [0.1, 0.15) is 60.3 Å². The highest BCUT2D eigenvalue weighted by Crippen LogP contribution is 2.42. The van der Waals surface area contributed by atoms with E-state index in [1.807, 2.05) is 39.8 Å². The van der Waals surface area contributed by atoms with Crippen molar-refractivity contribution < 1.29 is 22.7 Å². The molecule has 0 atom stereocenters. The van der Waals surface area contributed by atoms with Gasteiger partial charge in [-0.15, -0.1) is 11.3 Å². The van der Waals surface area contributed by atoms with Gasteiger partial charge in [-0.1, -0.05) is 33.8 Å². The summed E-state index contributed by atoms with van der Waals surface area (Å²) in [5, 5.41) is 1.75. The Morgan fingerprint density at radius 3 is 2.32 bits per heavy atom. The molecule has 0 amide bonds. The van der Waals surface area contributed by atoms with Crippen LogP contribution in [-0.4, -0.2) is 19.1 Å². The number of aldehydes is 1. The van der Waals surface area contributed by atoms with Gasteiger partial charge in [0.15, 0.2) is 12.9 Å². The zero-order valence-corrected chi connectivity index (χ0v) is 15.4. The molecular formula is C19H21F3O2S. The third kappa shape index (κ3) is 4.63. The van der Waals surface area contributed by atoms with Crippen molar-refractivity contribution in [3.05, 3.63) is 39.6 Å². The van der Waals surface area contributed by atoms with Gasteiger partial charge in [0.2, 0.25) is 0 Å². The summed E-state index contributed by atoms with van der Waals surface area (Å²) in [5.74, 6) is 0.392. The van der Waals surface area contributed by atoms with E-state index in [1.54, 1.807) is 11.4 Å². The lowest BCUT2D eigenvalue weighted by Crippen LogP contribution is -2.20. The third-order valence-corrected chi connectivity index (χ3v) is 4.74. The monoisotopic (exact) mass is 370 g/mol. The minimum atomic E-state index is -4.43. The average molecular weight is 370 g/mol. The van der Waals surface area contributed by atoms with Crippen molar-refractivity contribution in [2.75, 3.05) is 6.61 Å². The van der Waals surface area contributed by atoms with E-state index in [2.05, 4.69) is 0 Å². The Hall–Kier alpha value is -1.82. The lowest BCUT2D eigenvalue weighted by molar-refractivity contribution is -0.153. The Bertz CT molecular complexity index is 746. The molecule has 0 aliphatic rings. The molecule has 0 radical (unpaired) electrons. The smallest absolute Gasteiger partial charge is 0.422 e. The van der Waals surface area contributed by atoms with Crippen molar-refractivity contribution in [3.8, 4) is 16.9 Å². The highest BCUT2D eigenvalue weighted by molar-refractivity contribution is 7.12. The minimum absolute atomic E-state index is 0.0148. The van der Waals surface area contributed by atoms with Gasteiger partial charge >= 0.3 is 6.18 Å². The molecule has 0 spiro atoms. The van der Waals surface area contributed by atoms with E-state index in [9.17, 15) is 18.0 Å². The predicted octanol–water partition coefficient (Wildman–Crippen LogP) is 6.42. The van der Waals surface area contributed by atoms with Crippen molar-refractivity contribution in [2.45, 2.75) is 45.7 Å². The number of alkyl halides is 3. The van der Waals surface area contributed by atoms with E-state index in [4.69, 9.17) is 4.74 Å². The van der Waals surface area contributed by atoms with Crippen LogP contribution in [0.5, 0.6) is 5.75 Å². The number of carbonyl (C=O) groups excluding carboxylic acids is 1. The van der Waals surface area contributed by atoms with Crippen LogP contribution in [0.4, 0.5) is 13.2 Å². The first-order valence-corrected chi connectivity index (χ1v) is 8.92. The van der Waals surface area contributed by atoms with Gasteiger partial charge in [0.05, 0.1) is 4.88 Å². The summed E-state index contributed by atoms with van der Waals surface area (Å²) >= 11 is 1.26. The molecule has 2 rings (SSSR count). The van der Waals surface area contributed by atoms with Crippen LogP contribution in [0.3, 0.4) is 0 Å². The molecule has 0 saturated heterocycles. The van der Waals surface area contributed by atoms with Crippen molar-refractivity contribution in [3.63, 3.8) is 0 Å². The number of hydrogen-bond donors (Lipinski definition) is 0. The van der Waals surface area contributed by atoms with Crippen molar-refractivity contribution in [1.82, 2.24) is 0 Å². The third-order valence-electron chi connectivity index (χ3n) is 3.90. The Kier molecular flexibility index (Phi) is 5.93. The molecule has 136 valence electrons. The van der Waals surface area contributed by atoms with Gasteiger partial charge in [-0.3, -0.25) is 4.79 Å². The maximum Gasteiger partial charge on any atom is 0.422 e. The quantitative estimate of drug-likeness (QED) is 0.549. The summed E-state index contributed by atoms with van der Waals surface area (Å²) in [6, 6.07) is 5.48. The van der Waals surface area contributed by atoms with Gasteiger partial charge in [0.1, 0.15) is 5.75 Å². The molecule has 0 fully saturated rings. The topological polar surface area (TPSA) is 26.3 Å². The number of rotatable bonds is 6. The average Bonchev–Trinajstić information content (AvgIpc) is 2.99. The molecule has 0 saturated carbocycles. The summed E-state index contributed by atoms with van der Waals surface area (Å²) < 4.78 is 43.4. The van der Waals surface area contributed by atoms with E-state index in [1.165, 1.54) is 11.3 Å². The Morgan fingerprint density at radius 2 is 1.80 bits per heavy atom. The number of benzene rings is 1. The molecule has 25 heavy (non-hydrogen) atoms. The maximum absolute atomic E-state index is 12.7. The number of hydrogen-bond acceptors (Lipinski definition) is 3. The van der Waals surface area contributed by atoms with Crippen LogP contribution in [0.25, 0.3) is 11.1 Å². The van der Waals surface area contributed by atoms with Gasteiger partial charge in [-0.05, 0) is 40.5 Å². The first-order valence-electron chi connectivity index (χ1n) is 8.04. The van der Waals surface area contributed by atoms with E-state index >= 15 is 0 Å². The van der Waals surface area contributed by atoms with Gasteiger partial charge in [0.25, 0.3) is 0 Å². The predicted molar refractivity (Wildman–Crippen MR) is 94.9 cm³/mol. The van der Waals surface area contributed by atoms with Crippen molar-refractivity contribution in [1.29, 1.82) is 0 Å². The number of carbonyl (C=O) groups is 1. The van der Waals surface area contributed by atoms with Gasteiger partial charge in [-0.25, -0.2) is 0 Å². The lowest BCUT2D eigenvalue weighted by atomic mass is 9.89. The summed E-state index contributed by atoms with van der Waals surface area (Å²) in [7, 11) is 0. The van der Waals surface area contributed by atoms with Gasteiger partial charge in [0, 0.05) is 11.1 Å². The summed E-state index contributed by atoms with van der Waals surface area (Å²) in [4.78, 5) is 11.8. The van der Waals surface area contributed by atoms with Crippen LogP contribution in [0.2, 0.25) is 0 Å². The van der Waals surface area contributed by atoms with Crippen molar-refractivity contribution >= 4 is 17.6 Å². The molecule has 6 heteroatoms. The van der Waals surface area contributed by atoms with Gasteiger partial charge in [-0.2, -0.15) is 13.2 Å². The van der Waals surface area contributed by atoms with E-state index in [0.717, 1.165) is 11.8 Å². The fraction of sp³-hybridized carbons (Fsp3) is 0.421. The molecule has 1 aromatic carbocycles. The normalized spacial score (nSPS) is 12.0. The summed E-state index contributed by atoms with van der Waals surface area (Å²) in [6.45, 7) is 6.51. The fourth-order valence-electron chi connectivity index (χ4n) is 2.59. The lowest BCUT2D eigenvalue weighted by Gasteiger charge is -2.21. The molecule has 0 bridgehead atoms. The van der Waals surface area contributed by atoms with Crippen molar-refractivity contribution in [2.24, 2.45) is 0 Å². The van der Waals surface area contributed by atoms with E-state index < -0.39 is 12.8 Å². The Balaban J connectivity index is 2.69. The van der Waals surface area contributed by atoms with Crippen LogP contribution in [-0.2, 0) is 0 Å². The molecule has 0 aliphatic carbocycles. The van der Waals surface area contributed by atoms with Gasteiger partial charge < -0.3 is 4.74 Å². The molecule has 0 aliphatic heterocycles. The minimum Gasteiger partial charge on any atom is -0.483 e. The van der Waals surface area contributed by atoms with Crippen LogP contribution >= 0.6 is 11.3 Å². The molecule has 0 unspecified atom stereocenters. The second-order valence-corrected chi connectivity index (χ2v) is 7.46. The zero-order chi connectivity index (χ0) is 18.8. The summed E-state index contributed by atoms with van der Waals surface area (Å²) in [5.41, 5.74) is 2.87. The Labute approximate surface area is 149 Å². The molecule has 1 heterocycles. The number of halogens is 3. The zero-order valence-electron chi connectivity index (χ0n) is 14.6. The molecule has 2 nitrogen and oxygen atoms in total. The van der Waals surface area contributed by atoms with Crippen LogP contribution < -0.4 is 4.74 Å². The van der Waals surface area contributed by atoms with E-state index in [-0.39, 0.29) is 17.6 Å². The van der Waals surface area contributed by atoms with Crippen LogP contribution in [0.15, 0.2) is 23.6 Å². The Morgan fingerprint density at radius 1 is 1.12 bits per heavy atom. The molecular weight excluding hydrogens is 349 g/mol. The molecule has 0 N–H and O–H groups in total. The second kappa shape index (κ2) is 7.60. The highest BCUT2D eigenvalue weighted by atomic mass is 32.1. The van der Waals surface area contributed by atoms with E-state index in [0.29, 0.717) is 21.6 Å². The SMILES string of the molecule is CC(C)c1cc(-c2ccsc2C=O)c(OCC(F)(F)F)c(C(C)C)c1. The first kappa shape index (κ1) is 19.5. The number of thiophene rings is 1. The van der Waals surface area contributed by atoms with Crippen LogP contribution in [0, 0.1) is 0 Å². The summed E-state index contributed by atoms with van der Waals surface area (Å²) in [6.07, 6.45) is -3.70. The molecule has 1 aromatic heterocycles. The fourth-order valence-corrected chi connectivity index (χ4v) is 3.30. The standard InChI is InChI=1S/C19H21F3O2S/c1-11(2)13-7-15(12(3)4)18(24-10-19(20,21)22)16(8-13)14-5-6-25-17(14)9-23/h5-9,11-12H,10H2,1-4H3. The number of ether oxygens (including phenoxy) is 1. The highest BCUT2D eigenvalue weighted by Gasteiger charge is 2.30. The maximum atomic E-state index is 12.7. The first-order chi connectivity index (χ1) is 11.6. The second-order valence-electron chi connectivity index (χ2n) is 6.52. The molecule has 2 aromatic rings.